The molecule has 0 bridgehead atoms. The van der Waals surface area contributed by atoms with E-state index in [0.29, 0.717) is 11.9 Å². The van der Waals surface area contributed by atoms with Gasteiger partial charge in [-0.1, -0.05) is 12.1 Å². The van der Waals surface area contributed by atoms with Crippen LogP contribution in [0.25, 0.3) is 10.9 Å². The minimum atomic E-state index is 0.557. The van der Waals surface area contributed by atoms with Crippen molar-refractivity contribution in [3.63, 3.8) is 0 Å². The normalized spacial score (nSPS) is 16.7. The third-order valence-electron chi connectivity index (χ3n) is 5.89. The number of nitrogens with zero attached hydrogens (tertiary/aromatic N) is 5. The van der Waals surface area contributed by atoms with E-state index in [9.17, 15) is 0 Å². The van der Waals surface area contributed by atoms with Crippen molar-refractivity contribution in [2.45, 2.75) is 39.5 Å². The maximum absolute atomic E-state index is 4.89. The fourth-order valence-electron chi connectivity index (χ4n) is 4.40. The highest BCUT2D eigenvalue weighted by Crippen LogP contribution is 2.30. The van der Waals surface area contributed by atoms with E-state index in [1.54, 1.807) is 0 Å². The second kappa shape index (κ2) is 7.55. The quantitative estimate of drug-likeness (QED) is 0.713. The van der Waals surface area contributed by atoms with E-state index in [0.717, 1.165) is 67.1 Å². The molecule has 3 aromatic rings. The van der Waals surface area contributed by atoms with E-state index >= 15 is 0 Å². The molecule has 0 spiro atoms. The van der Waals surface area contributed by atoms with Crippen molar-refractivity contribution in [3.05, 3.63) is 40.7 Å². The summed E-state index contributed by atoms with van der Waals surface area (Å²) in [6.45, 7) is 7.91. The molecule has 1 fully saturated rings. The van der Waals surface area contributed by atoms with Gasteiger partial charge in [0.1, 0.15) is 5.82 Å². The van der Waals surface area contributed by atoms with E-state index in [2.05, 4.69) is 32.7 Å². The van der Waals surface area contributed by atoms with Gasteiger partial charge in [0.05, 0.1) is 11.2 Å². The number of aromatic nitrogens is 4. The van der Waals surface area contributed by atoms with E-state index in [1.165, 1.54) is 24.0 Å². The highest BCUT2D eigenvalue weighted by Gasteiger charge is 2.17. The highest BCUT2D eigenvalue weighted by atomic mass is 15.3. The molecule has 5 rings (SSSR count). The van der Waals surface area contributed by atoms with Gasteiger partial charge < -0.3 is 10.2 Å². The van der Waals surface area contributed by atoms with Crippen molar-refractivity contribution in [2.24, 2.45) is 0 Å². The Morgan fingerprint density at radius 2 is 1.72 bits per heavy atom. The fourth-order valence-corrected chi connectivity index (χ4v) is 4.40. The summed E-state index contributed by atoms with van der Waals surface area (Å²) in [4.78, 5) is 21.2. The lowest BCUT2D eigenvalue weighted by atomic mass is 9.89. The molecule has 3 heterocycles. The van der Waals surface area contributed by atoms with Crippen molar-refractivity contribution >= 4 is 28.6 Å². The van der Waals surface area contributed by atoms with Crippen LogP contribution < -0.4 is 15.5 Å². The summed E-state index contributed by atoms with van der Waals surface area (Å²) in [6.07, 6.45) is 4.73. The first kappa shape index (κ1) is 18.2. The van der Waals surface area contributed by atoms with Crippen molar-refractivity contribution in [3.8, 4) is 0 Å². The molecule has 29 heavy (non-hydrogen) atoms. The molecule has 0 unspecified atom stereocenters. The Balaban J connectivity index is 1.51. The Hall–Kier alpha value is -2.80. The summed E-state index contributed by atoms with van der Waals surface area (Å²) in [6, 6.07) is 6.47. The third-order valence-corrected chi connectivity index (χ3v) is 5.89. The first-order valence-electron chi connectivity index (χ1n) is 10.5. The Kier molecular flexibility index (Phi) is 4.75. The van der Waals surface area contributed by atoms with Gasteiger partial charge in [-0.15, -0.1) is 0 Å². The van der Waals surface area contributed by atoms with Gasteiger partial charge in [0.15, 0.2) is 0 Å². The Morgan fingerprint density at radius 1 is 0.931 bits per heavy atom. The average Bonchev–Trinajstić information content (AvgIpc) is 2.74. The van der Waals surface area contributed by atoms with Crippen LogP contribution in [0.15, 0.2) is 18.2 Å². The zero-order valence-corrected chi connectivity index (χ0v) is 17.1. The number of anilines is 3. The maximum atomic E-state index is 4.89. The summed E-state index contributed by atoms with van der Waals surface area (Å²) in [5.74, 6) is 2.09. The Bertz CT molecular complexity index is 1060. The molecule has 0 saturated carbocycles. The molecular weight excluding hydrogens is 362 g/mol. The van der Waals surface area contributed by atoms with Gasteiger partial charge in [-0.3, -0.25) is 5.32 Å². The van der Waals surface area contributed by atoms with Crippen molar-refractivity contribution in [1.29, 1.82) is 0 Å². The molecule has 1 saturated heterocycles. The molecule has 1 aliphatic heterocycles. The minimum absolute atomic E-state index is 0.557. The van der Waals surface area contributed by atoms with Crippen LogP contribution >= 0.6 is 0 Å². The lowest BCUT2D eigenvalue weighted by Crippen LogP contribution is -2.44. The van der Waals surface area contributed by atoms with Crippen LogP contribution in [0.1, 0.15) is 35.4 Å². The topological polar surface area (TPSA) is 78.9 Å². The van der Waals surface area contributed by atoms with Gasteiger partial charge in [-0.2, -0.15) is 4.98 Å². The molecule has 0 radical (unpaired) electrons. The molecule has 0 amide bonds. The van der Waals surface area contributed by atoms with Crippen LogP contribution in [0, 0.1) is 13.8 Å². The molecule has 0 atom stereocenters. The van der Waals surface area contributed by atoms with Gasteiger partial charge in [-0.25, -0.2) is 15.0 Å². The van der Waals surface area contributed by atoms with Gasteiger partial charge >= 0.3 is 0 Å². The lowest BCUT2D eigenvalue weighted by molar-refractivity contribution is 0.584. The van der Waals surface area contributed by atoms with Crippen molar-refractivity contribution in [1.82, 2.24) is 25.3 Å². The van der Waals surface area contributed by atoms with Crippen molar-refractivity contribution < 1.29 is 0 Å². The molecule has 2 aliphatic rings. The predicted octanol–water partition coefficient (Wildman–Crippen LogP) is 3.07. The maximum Gasteiger partial charge on any atom is 0.231 e. The number of nitrogens with one attached hydrogen (secondary N) is 2. The summed E-state index contributed by atoms with van der Waals surface area (Å²) in [5.41, 5.74) is 5.81. The van der Waals surface area contributed by atoms with Gasteiger partial charge in [-0.05, 0) is 50.7 Å². The number of aryl methyl sites for hydroxylation is 4. The summed E-state index contributed by atoms with van der Waals surface area (Å²) < 4.78 is 0. The van der Waals surface area contributed by atoms with E-state index in [4.69, 9.17) is 15.0 Å². The Labute approximate surface area is 171 Å². The van der Waals surface area contributed by atoms with Crippen molar-refractivity contribution in [2.75, 3.05) is 36.4 Å². The third kappa shape index (κ3) is 3.62. The number of hydrogen-bond donors (Lipinski definition) is 2. The molecule has 1 aliphatic carbocycles. The SMILES string of the molecule is Cc1cc(N2CCNCC2)nc(Nc2nc(C)c3ccc4c(c3n2)CCCC4)n1. The molecule has 2 N–H and O–H groups in total. The number of rotatable bonds is 3. The standard InChI is InChI=1S/C22H27N7/c1-14-13-19(29-11-9-23-10-12-29)26-21(24-14)28-22-25-15(2)17-8-7-16-5-3-4-6-18(16)20(17)27-22/h7-8,13,23H,3-6,9-12H2,1-2H3,(H,24,25,26,27,28). The molecule has 2 aromatic heterocycles. The smallest absolute Gasteiger partial charge is 0.231 e. The summed E-state index contributed by atoms with van der Waals surface area (Å²) in [7, 11) is 0. The molecule has 1 aromatic carbocycles. The lowest BCUT2D eigenvalue weighted by Gasteiger charge is -2.28. The minimum Gasteiger partial charge on any atom is -0.354 e. The van der Waals surface area contributed by atoms with E-state index in [-0.39, 0.29) is 0 Å². The summed E-state index contributed by atoms with van der Waals surface area (Å²) >= 11 is 0. The second-order valence-corrected chi connectivity index (χ2v) is 7.99. The van der Waals surface area contributed by atoms with Crippen LogP contribution in [0.5, 0.6) is 0 Å². The second-order valence-electron chi connectivity index (χ2n) is 7.99. The van der Waals surface area contributed by atoms with Gasteiger partial charge in [0, 0.05) is 43.3 Å². The molecule has 7 nitrogen and oxygen atoms in total. The molecule has 150 valence electrons. The monoisotopic (exact) mass is 389 g/mol. The Morgan fingerprint density at radius 3 is 2.59 bits per heavy atom. The summed E-state index contributed by atoms with van der Waals surface area (Å²) in [5, 5.41) is 7.80. The first-order chi connectivity index (χ1) is 14.2. The predicted molar refractivity (Wildman–Crippen MR) is 116 cm³/mol. The van der Waals surface area contributed by atoms with Gasteiger partial charge in [0.25, 0.3) is 0 Å². The van der Waals surface area contributed by atoms with Crippen LogP contribution in [0.3, 0.4) is 0 Å². The zero-order valence-electron chi connectivity index (χ0n) is 17.1. The molecular formula is C22H27N7. The zero-order chi connectivity index (χ0) is 19.8. The van der Waals surface area contributed by atoms with Crippen LogP contribution in [0.2, 0.25) is 0 Å². The fraction of sp³-hybridized carbons (Fsp3) is 0.455. The average molecular weight is 390 g/mol. The van der Waals surface area contributed by atoms with E-state index < -0.39 is 0 Å². The number of hydrogen-bond acceptors (Lipinski definition) is 7. The van der Waals surface area contributed by atoms with Crippen LogP contribution in [-0.2, 0) is 12.8 Å². The first-order valence-corrected chi connectivity index (χ1v) is 10.5. The largest absolute Gasteiger partial charge is 0.354 e. The van der Waals surface area contributed by atoms with E-state index in [1.807, 2.05) is 19.9 Å². The number of piperazine rings is 1. The van der Waals surface area contributed by atoms with Gasteiger partial charge in [0.2, 0.25) is 11.9 Å². The number of benzene rings is 1. The van der Waals surface area contributed by atoms with Crippen LogP contribution in [-0.4, -0.2) is 46.1 Å². The molecule has 7 heteroatoms. The number of fused-ring (bicyclic) bond motifs is 3. The van der Waals surface area contributed by atoms with Crippen LogP contribution in [0.4, 0.5) is 17.7 Å². The highest BCUT2D eigenvalue weighted by molar-refractivity contribution is 5.86.